The molecule has 5 heteroatoms. The summed E-state index contributed by atoms with van der Waals surface area (Å²) in [4.78, 5) is 16.2. The molecular formula is C14H12FNO2S. The standard InChI is InChI=1S/C14H12FNO2S/c1-8(17)18-13-12(10-3-2-4-11(15)7-10)19-14(16-13)9-5-6-9/h2-4,7,9H,5-6H2,1H3. The number of nitrogens with zero attached hydrogens (tertiary/aromatic N) is 1. The molecule has 1 aliphatic rings. The molecule has 0 bridgehead atoms. The molecule has 1 fully saturated rings. The smallest absolute Gasteiger partial charge is 0.309 e. The molecule has 1 aliphatic carbocycles. The Hall–Kier alpha value is -1.75. The molecule has 0 saturated heterocycles. The van der Waals surface area contributed by atoms with Crippen LogP contribution in [0.15, 0.2) is 24.3 Å². The SMILES string of the molecule is CC(=O)Oc1nc(C2CC2)sc1-c1cccc(F)c1. The first-order valence-corrected chi connectivity index (χ1v) is 6.90. The summed E-state index contributed by atoms with van der Waals surface area (Å²) in [5, 5.41) is 0.968. The molecule has 98 valence electrons. The molecule has 0 radical (unpaired) electrons. The van der Waals surface area contributed by atoms with E-state index < -0.39 is 5.97 Å². The number of esters is 1. The van der Waals surface area contributed by atoms with Gasteiger partial charge in [-0.05, 0) is 25.0 Å². The lowest BCUT2D eigenvalue weighted by atomic mass is 10.2. The van der Waals surface area contributed by atoms with Gasteiger partial charge in [0.2, 0.25) is 5.88 Å². The van der Waals surface area contributed by atoms with Crippen LogP contribution < -0.4 is 4.74 Å². The molecule has 3 rings (SSSR count). The fourth-order valence-electron chi connectivity index (χ4n) is 1.84. The van der Waals surface area contributed by atoms with Gasteiger partial charge in [-0.1, -0.05) is 12.1 Å². The lowest BCUT2D eigenvalue weighted by Crippen LogP contribution is -2.02. The third-order valence-corrected chi connectivity index (χ3v) is 4.11. The Morgan fingerprint density at radius 2 is 2.26 bits per heavy atom. The van der Waals surface area contributed by atoms with Gasteiger partial charge in [0, 0.05) is 18.4 Å². The molecule has 1 heterocycles. The van der Waals surface area contributed by atoms with Crippen molar-refractivity contribution in [3.05, 3.63) is 35.1 Å². The summed E-state index contributed by atoms with van der Waals surface area (Å²) in [5.41, 5.74) is 0.695. The molecule has 1 saturated carbocycles. The van der Waals surface area contributed by atoms with Crippen LogP contribution >= 0.6 is 11.3 Å². The van der Waals surface area contributed by atoms with E-state index in [9.17, 15) is 9.18 Å². The Morgan fingerprint density at radius 1 is 1.47 bits per heavy atom. The molecule has 3 nitrogen and oxygen atoms in total. The Labute approximate surface area is 114 Å². The Balaban J connectivity index is 2.04. The summed E-state index contributed by atoms with van der Waals surface area (Å²) in [5.74, 6) is 0.0459. The predicted octanol–water partition coefficient (Wildman–Crippen LogP) is 3.75. The van der Waals surface area contributed by atoms with Crippen LogP contribution in [0, 0.1) is 5.82 Å². The minimum absolute atomic E-state index is 0.296. The molecule has 1 aromatic heterocycles. The van der Waals surface area contributed by atoms with E-state index in [0.717, 1.165) is 22.7 Å². The first-order valence-electron chi connectivity index (χ1n) is 6.08. The predicted molar refractivity (Wildman–Crippen MR) is 70.8 cm³/mol. The van der Waals surface area contributed by atoms with Gasteiger partial charge in [0.05, 0.1) is 4.88 Å². The quantitative estimate of drug-likeness (QED) is 0.802. The number of carbonyl (C=O) groups is 1. The van der Waals surface area contributed by atoms with Crippen molar-refractivity contribution in [3.8, 4) is 16.3 Å². The highest BCUT2D eigenvalue weighted by atomic mass is 32.1. The van der Waals surface area contributed by atoms with Crippen molar-refractivity contribution < 1.29 is 13.9 Å². The Bertz CT molecular complexity index is 634. The number of benzene rings is 1. The molecular weight excluding hydrogens is 265 g/mol. The van der Waals surface area contributed by atoms with Crippen molar-refractivity contribution >= 4 is 17.3 Å². The number of hydrogen-bond donors (Lipinski definition) is 0. The highest BCUT2D eigenvalue weighted by Crippen LogP contribution is 2.46. The van der Waals surface area contributed by atoms with Gasteiger partial charge in [-0.25, -0.2) is 9.37 Å². The highest BCUT2D eigenvalue weighted by Gasteiger charge is 2.29. The van der Waals surface area contributed by atoms with E-state index in [1.807, 2.05) is 0 Å². The van der Waals surface area contributed by atoms with Crippen molar-refractivity contribution in [3.63, 3.8) is 0 Å². The van der Waals surface area contributed by atoms with Crippen molar-refractivity contribution in [1.29, 1.82) is 0 Å². The number of aromatic nitrogens is 1. The minimum Gasteiger partial charge on any atom is -0.406 e. The number of thiazole rings is 1. The minimum atomic E-state index is -0.412. The van der Waals surface area contributed by atoms with E-state index >= 15 is 0 Å². The molecule has 1 aromatic carbocycles. The zero-order valence-electron chi connectivity index (χ0n) is 10.4. The molecule has 0 amide bonds. The Kier molecular flexibility index (Phi) is 3.06. The lowest BCUT2D eigenvalue weighted by molar-refractivity contribution is -0.132. The van der Waals surface area contributed by atoms with Crippen LogP contribution in [0.25, 0.3) is 10.4 Å². The van der Waals surface area contributed by atoms with E-state index in [-0.39, 0.29) is 5.82 Å². The molecule has 0 aliphatic heterocycles. The molecule has 19 heavy (non-hydrogen) atoms. The van der Waals surface area contributed by atoms with Gasteiger partial charge >= 0.3 is 5.97 Å². The number of carbonyl (C=O) groups excluding carboxylic acids is 1. The number of rotatable bonds is 3. The van der Waals surface area contributed by atoms with Crippen LogP contribution in [0.2, 0.25) is 0 Å². The van der Waals surface area contributed by atoms with Crippen molar-refractivity contribution in [2.24, 2.45) is 0 Å². The molecule has 0 atom stereocenters. The summed E-state index contributed by atoms with van der Waals surface area (Å²) in [6.45, 7) is 1.34. The average molecular weight is 277 g/mol. The van der Waals surface area contributed by atoms with Gasteiger partial charge in [-0.3, -0.25) is 4.79 Å². The summed E-state index contributed by atoms with van der Waals surface area (Å²) < 4.78 is 18.4. The fraction of sp³-hybridized carbons (Fsp3) is 0.286. The zero-order valence-corrected chi connectivity index (χ0v) is 11.2. The number of ether oxygens (including phenoxy) is 1. The summed E-state index contributed by atoms with van der Waals surface area (Å²) in [7, 11) is 0. The monoisotopic (exact) mass is 277 g/mol. The summed E-state index contributed by atoms with van der Waals surface area (Å²) >= 11 is 1.48. The van der Waals surface area contributed by atoms with Gasteiger partial charge in [0.1, 0.15) is 10.8 Å². The van der Waals surface area contributed by atoms with E-state index in [1.54, 1.807) is 12.1 Å². The molecule has 2 aromatic rings. The van der Waals surface area contributed by atoms with E-state index in [1.165, 1.54) is 30.4 Å². The third kappa shape index (κ3) is 2.66. The number of halogens is 1. The van der Waals surface area contributed by atoms with Gasteiger partial charge < -0.3 is 4.74 Å². The molecule has 0 unspecified atom stereocenters. The van der Waals surface area contributed by atoms with Gasteiger partial charge in [0.15, 0.2) is 0 Å². The van der Waals surface area contributed by atoms with Crippen molar-refractivity contribution in [1.82, 2.24) is 4.98 Å². The second-order valence-electron chi connectivity index (χ2n) is 4.56. The summed E-state index contributed by atoms with van der Waals surface area (Å²) in [6, 6.07) is 6.24. The first kappa shape index (κ1) is 12.3. The highest BCUT2D eigenvalue weighted by molar-refractivity contribution is 7.15. The van der Waals surface area contributed by atoms with E-state index in [0.29, 0.717) is 17.4 Å². The maximum atomic E-state index is 13.3. The maximum Gasteiger partial charge on any atom is 0.309 e. The largest absolute Gasteiger partial charge is 0.406 e. The van der Waals surface area contributed by atoms with Crippen LogP contribution in [0.5, 0.6) is 5.88 Å². The van der Waals surface area contributed by atoms with Crippen LogP contribution in [0.3, 0.4) is 0 Å². The van der Waals surface area contributed by atoms with E-state index in [2.05, 4.69) is 4.98 Å². The second-order valence-corrected chi connectivity index (χ2v) is 5.60. The summed E-state index contributed by atoms with van der Waals surface area (Å²) in [6.07, 6.45) is 2.24. The lowest BCUT2D eigenvalue weighted by Gasteiger charge is -2.01. The van der Waals surface area contributed by atoms with Crippen LogP contribution in [-0.4, -0.2) is 11.0 Å². The van der Waals surface area contributed by atoms with Gasteiger partial charge in [-0.15, -0.1) is 11.3 Å². The van der Waals surface area contributed by atoms with Gasteiger partial charge in [0.25, 0.3) is 0 Å². The van der Waals surface area contributed by atoms with E-state index in [4.69, 9.17) is 4.74 Å². The van der Waals surface area contributed by atoms with Crippen LogP contribution in [0.4, 0.5) is 4.39 Å². The van der Waals surface area contributed by atoms with Gasteiger partial charge in [-0.2, -0.15) is 0 Å². The maximum absolute atomic E-state index is 13.3. The van der Waals surface area contributed by atoms with Crippen LogP contribution in [0.1, 0.15) is 30.7 Å². The first-order chi connectivity index (χ1) is 9.13. The number of hydrogen-bond acceptors (Lipinski definition) is 4. The molecule has 0 N–H and O–H groups in total. The Morgan fingerprint density at radius 3 is 2.89 bits per heavy atom. The van der Waals surface area contributed by atoms with Crippen molar-refractivity contribution in [2.45, 2.75) is 25.7 Å². The molecule has 0 spiro atoms. The fourth-order valence-corrected chi connectivity index (χ4v) is 3.00. The topological polar surface area (TPSA) is 39.2 Å². The third-order valence-electron chi connectivity index (χ3n) is 2.87. The normalized spacial score (nSPS) is 14.4. The zero-order chi connectivity index (χ0) is 13.4. The van der Waals surface area contributed by atoms with Crippen LogP contribution in [-0.2, 0) is 4.79 Å². The second kappa shape index (κ2) is 4.74. The van der Waals surface area contributed by atoms with Crippen molar-refractivity contribution in [2.75, 3.05) is 0 Å². The average Bonchev–Trinajstić information content (AvgIpc) is 3.11.